The van der Waals surface area contributed by atoms with E-state index in [1.54, 1.807) is 31.6 Å². The van der Waals surface area contributed by atoms with Crippen molar-refractivity contribution in [2.45, 2.75) is 40.7 Å². The molecule has 0 aliphatic carbocycles. The molecule has 2 heterocycles. The molecule has 2 rings (SSSR count). The molecule has 0 aliphatic heterocycles. The molecule has 0 saturated carbocycles. The van der Waals surface area contributed by atoms with Crippen LogP contribution in [0.25, 0.3) is 0 Å². The fourth-order valence-corrected chi connectivity index (χ4v) is 3.54. The molecule has 8 nitrogen and oxygen atoms in total. The summed E-state index contributed by atoms with van der Waals surface area (Å²) in [4.78, 5) is 37.0. The van der Waals surface area contributed by atoms with Crippen molar-refractivity contribution in [3.8, 4) is 0 Å². The van der Waals surface area contributed by atoms with Gasteiger partial charge in [0.25, 0.3) is 0 Å². The quantitative estimate of drug-likeness (QED) is 0.692. The number of carbonyl (C=O) groups is 3. The van der Waals surface area contributed by atoms with Crippen LogP contribution in [0.4, 0.5) is 5.00 Å². The van der Waals surface area contributed by atoms with Crippen LogP contribution in [0.5, 0.6) is 0 Å². The number of hydrogen-bond acceptors (Lipinski definition) is 7. The van der Waals surface area contributed by atoms with Gasteiger partial charge in [-0.1, -0.05) is 0 Å². The van der Waals surface area contributed by atoms with Gasteiger partial charge >= 0.3 is 11.9 Å². The molecule has 1 N–H and O–H groups in total. The number of thiophene rings is 1. The molecule has 9 heteroatoms. The number of carbonyl (C=O) groups excluding carboxylic acids is 3. The monoisotopic (exact) mass is 393 g/mol. The van der Waals surface area contributed by atoms with Crippen LogP contribution in [-0.4, -0.2) is 40.8 Å². The van der Waals surface area contributed by atoms with Gasteiger partial charge in [-0.05, 0) is 38.8 Å². The molecular formula is C18H23N3O5S. The highest BCUT2D eigenvalue weighted by Gasteiger charge is 2.27. The lowest BCUT2D eigenvalue weighted by Crippen LogP contribution is -2.16. The lowest BCUT2D eigenvalue weighted by atomic mass is 10.1. The van der Waals surface area contributed by atoms with Crippen molar-refractivity contribution in [2.75, 3.05) is 18.5 Å². The Labute approximate surface area is 161 Å². The summed E-state index contributed by atoms with van der Waals surface area (Å²) in [6, 6.07) is 0. The zero-order valence-corrected chi connectivity index (χ0v) is 16.6. The van der Waals surface area contributed by atoms with Gasteiger partial charge < -0.3 is 14.8 Å². The van der Waals surface area contributed by atoms with Crippen LogP contribution in [0.15, 0.2) is 12.4 Å². The van der Waals surface area contributed by atoms with Gasteiger partial charge in [0.2, 0.25) is 5.91 Å². The van der Waals surface area contributed by atoms with E-state index < -0.39 is 11.9 Å². The summed E-state index contributed by atoms with van der Waals surface area (Å²) in [6.45, 7) is 7.76. The van der Waals surface area contributed by atoms with Crippen LogP contribution in [0, 0.1) is 13.8 Å². The molecule has 0 spiro atoms. The molecule has 0 aromatic carbocycles. The first-order chi connectivity index (χ1) is 12.9. The van der Waals surface area contributed by atoms with Crippen LogP contribution in [0.1, 0.15) is 51.4 Å². The summed E-state index contributed by atoms with van der Waals surface area (Å²) < 4.78 is 11.8. The molecule has 0 fully saturated rings. The number of anilines is 1. The lowest BCUT2D eigenvalue weighted by molar-refractivity contribution is -0.116. The third-order valence-electron chi connectivity index (χ3n) is 3.67. The number of nitrogens with zero attached hydrogens (tertiary/aromatic N) is 2. The fourth-order valence-electron chi connectivity index (χ4n) is 2.44. The van der Waals surface area contributed by atoms with Crippen molar-refractivity contribution in [3.63, 3.8) is 0 Å². The molecule has 27 heavy (non-hydrogen) atoms. The highest BCUT2D eigenvalue weighted by Crippen LogP contribution is 2.34. The van der Waals surface area contributed by atoms with Crippen LogP contribution >= 0.6 is 11.3 Å². The lowest BCUT2D eigenvalue weighted by Gasteiger charge is -2.07. The first-order valence-electron chi connectivity index (χ1n) is 8.63. The smallest absolute Gasteiger partial charge is 0.348 e. The highest BCUT2D eigenvalue weighted by molar-refractivity contribution is 7.18. The molecule has 0 saturated heterocycles. The number of ether oxygens (including phenoxy) is 2. The largest absolute Gasteiger partial charge is 0.462 e. The Balaban J connectivity index is 2.19. The van der Waals surface area contributed by atoms with E-state index in [1.807, 2.05) is 13.1 Å². The fraction of sp³-hybridized carbons (Fsp3) is 0.444. The Morgan fingerprint density at radius 2 is 1.81 bits per heavy atom. The number of hydrogen-bond donors (Lipinski definition) is 1. The van der Waals surface area contributed by atoms with Gasteiger partial charge in [0.1, 0.15) is 9.88 Å². The first-order valence-corrected chi connectivity index (χ1v) is 9.45. The van der Waals surface area contributed by atoms with Gasteiger partial charge in [-0.2, -0.15) is 5.10 Å². The van der Waals surface area contributed by atoms with Gasteiger partial charge in [0, 0.05) is 19.2 Å². The second kappa shape index (κ2) is 9.31. The second-order valence-corrected chi connectivity index (χ2v) is 6.80. The minimum Gasteiger partial charge on any atom is -0.462 e. The second-order valence-electron chi connectivity index (χ2n) is 5.78. The van der Waals surface area contributed by atoms with Crippen LogP contribution < -0.4 is 5.32 Å². The topological polar surface area (TPSA) is 99.5 Å². The van der Waals surface area contributed by atoms with Gasteiger partial charge in [-0.15, -0.1) is 11.3 Å². The third-order valence-corrected chi connectivity index (χ3v) is 4.86. The Hall–Kier alpha value is -2.68. The summed E-state index contributed by atoms with van der Waals surface area (Å²) in [5, 5.41) is 7.13. The number of amides is 1. The van der Waals surface area contributed by atoms with E-state index in [0.29, 0.717) is 12.1 Å². The summed E-state index contributed by atoms with van der Waals surface area (Å²) >= 11 is 1.01. The van der Waals surface area contributed by atoms with E-state index in [-0.39, 0.29) is 41.0 Å². The number of aryl methyl sites for hydroxylation is 2. The third kappa shape index (κ3) is 5.16. The van der Waals surface area contributed by atoms with Crippen molar-refractivity contribution < 1.29 is 23.9 Å². The molecular weight excluding hydrogens is 370 g/mol. The van der Waals surface area contributed by atoms with E-state index in [9.17, 15) is 14.4 Å². The Morgan fingerprint density at radius 3 is 2.41 bits per heavy atom. The average molecular weight is 393 g/mol. The molecule has 2 aromatic rings. The van der Waals surface area contributed by atoms with Crippen molar-refractivity contribution in [2.24, 2.45) is 0 Å². The summed E-state index contributed by atoms with van der Waals surface area (Å²) in [5.74, 6) is -1.40. The summed E-state index contributed by atoms with van der Waals surface area (Å²) in [6.07, 6.45) is 3.73. The number of rotatable bonds is 8. The molecule has 0 radical (unpaired) electrons. The van der Waals surface area contributed by atoms with Crippen molar-refractivity contribution in [1.29, 1.82) is 0 Å². The average Bonchev–Trinajstić information content (AvgIpc) is 3.16. The predicted molar refractivity (Wildman–Crippen MR) is 101 cm³/mol. The van der Waals surface area contributed by atoms with Crippen LogP contribution in [0.3, 0.4) is 0 Å². The normalized spacial score (nSPS) is 10.5. The maximum atomic E-state index is 12.3. The minimum absolute atomic E-state index is 0.176. The molecule has 0 bridgehead atoms. The SMILES string of the molecule is CCOC(=O)c1sc(NC(=O)CCn2cc(C)cn2)c(C(=O)OCC)c1C. The first kappa shape index (κ1) is 20.6. The van der Waals surface area contributed by atoms with Gasteiger partial charge in [-0.25, -0.2) is 9.59 Å². The molecule has 0 aliphatic rings. The maximum Gasteiger partial charge on any atom is 0.348 e. The zero-order chi connectivity index (χ0) is 20.0. The van der Waals surface area contributed by atoms with E-state index in [0.717, 1.165) is 16.9 Å². The maximum absolute atomic E-state index is 12.3. The summed E-state index contributed by atoms with van der Waals surface area (Å²) in [5.41, 5.74) is 1.64. The van der Waals surface area contributed by atoms with Crippen LogP contribution in [-0.2, 0) is 20.8 Å². The van der Waals surface area contributed by atoms with Gasteiger partial charge in [0.05, 0.1) is 25.0 Å². The van der Waals surface area contributed by atoms with Crippen molar-refractivity contribution in [3.05, 3.63) is 34.0 Å². The van der Waals surface area contributed by atoms with E-state index in [1.165, 1.54) is 0 Å². The van der Waals surface area contributed by atoms with Crippen molar-refractivity contribution in [1.82, 2.24) is 9.78 Å². The van der Waals surface area contributed by atoms with E-state index in [4.69, 9.17) is 9.47 Å². The number of esters is 2. The standard InChI is InChI=1S/C18H23N3O5S/c1-5-25-17(23)14-12(4)15(18(24)26-6-2)27-16(14)20-13(22)7-8-21-10-11(3)9-19-21/h9-10H,5-8H2,1-4H3,(H,20,22). The predicted octanol–water partition coefficient (Wildman–Crippen LogP) is 2.94. The molecule has 0 unspecified atom stereocenters. The number of nitrogens with one attached hydrogen (secondary N) is 1. The van der Waals surface area contributed by atoms with E-state index >= 15 is 0 Å². The van der Waals surface area contributed by atoms with Gasteiger partial charge in [0.15, 0.2) is 0 Å². The Kier molecular flexibility index (Phi) is 7.12. The molecule has 0 atom stereocenters. The number of aromatic nitrogens is 2. The molecule has 146 valence electrons. The van der Waals surface area contributed by atoms with Crippen molar-refractivity contribution >= 4 is 34.2 Å². The highest BCUT2D eigenvalue weighted by atomic mass is 32.1. The Morgan fingerprint density at radius 1 is 1.15 bits per heavy atom. The zero-order valence-electron chi connectivity index (χ0n) is 15.8. The van der Waals surface area contributed by atoms with E-state index in [2.05, 4.69) is 10.4 Å². The van der Waals surface area contributed by atoms with Crippen LogP contribution in [0.2, 0.25) is 0 Å². The van der Waals surface area contributed by atoms with Gasteiger partial charge in [-0.3, -0.25) is 9.48 Å². The summed E-state index contributed by atoms with van der Waals surface area (Å²) in [7, 11) is 0. The minimum atomic E-state index is -0.584. The molecule has 2 aromatic heterocycles. The molecule has 1 amide bonds. The Bertz CT molecular complexity index is 840.